The number of rotatable bonds is 3. The lowest BCUT2D eigenvalue weighted by Gasteiger charge is -2.21. The average molecular weight is 210 g/mol. The zero-order valence-corrected chi connectivity index (χ0v) is 8.82. The summed E-state index contributed by atoms with van der Waals surface area (Å²) in [5, 5.41) is 0. The quantitative estimate of drug-likeness (QED) is 0.761. The topological polar surface area (TPSA) is 25.4 Å². The molecule has 0 aliphatic carbocycles. The number of hydrogen-bond acceptors (Lipinski definition) is 3. The van der Waals surface area contributed by atoms with Gasteiger partial charge in [0.1, 0.15) is 11.6 Å². The molecular weight excluding hydrogens is 195 g/mol. The molecule has 4 heteroatoms. The lowest BCUT2D eigenvalue weighted by molar-refractivity contribution is 0.116. The Morgan fingerprint density at radius 1 is 1.60 bits per heavy atom. The van der Waals surface area contributed by atoms with Gasteiger partial charge in [0.15, 0.2) is 0 Å². The Kier molecular flexibility index (Phi) is 3.16. The average Bonchev–Trinajstić information content (AvgIpc) is 2.71. The molecule has 15 heavy (non-hydrogen) atoms. The van der Waals surface area contributed by atoms with Crippen molar-refractivity contribution >= 4 is 5.82 Å². The van der Waals surface area contributed by atoms with Gasteiger partial charge in [0.2, 0.25) is 0 Å². The van der Waals surface area contributed by atoms with E-state index in [9.17, 15) is 4.39 Å². The summed E-state index contributed by atoms with van der Waals surface area (Å²) in [6.07, 6.45) is 3.77. The third-order valence-electron chi connectivity index (χ3n) is 2.60. The van der Waals surface area contributed by atoms with Crippen molar-refractivity contribution in [2.24, 2.45) is 0 Å². The summed E-state index contributed by atoms with van der Waals surface area (Å²) in [6.45, 7) is 1.67. The summed E-state index contributed by atoms with van der Waals surface area (Å²) < 4.78 is 18.2. The Hall–Kier alpha value is -1.16. The fourth-order valence-corrected chi connectivity index (χ4v) is 1.78. The highest BCUT2D eigenvalue weighted by Gasteiger charge is 2.17. The van der Waals surface area contributed by atoms with Gasteiger partial charge in [-0.05, 0) is 25.0 Å². The van der Waals surface area contributed by atoms with Crippen molar-refractivity contribution in [1.29, 1.82) is 0 Å². The summed E-state index contributed by atoms with van der Waals surface area (Å²) in [5.74, 6) is 0.483. The first-order valence-electron chi connectivity index (χ1n) is 5.20. The minimum atomic E-state index is -0.302. The van der Waals surface area contributed by atoms with Crippen LogP contribution in [-0.2, 0) is 4.74 Å². The summed E-state index contributed by atoms with van der Waals surface area (Å²) in [7, 11) is 1.95. The molecule has 0 radical (unpaired) electrons. The van der Waals surface area contributed by atoms with Gasteiger partial charge in [-0.15, -0.1) is 0 Å². The first-order chi connectivity index (χ1) is 7.25. The molecule has 1 aromatic rings. The molecule has 0 amide bonds. The van der Waals surface area contributed by atoms with Crippen molar-refractivity contribution in [2.45, 2.75) is 18.9 Å². The molecule has 0 spiro atoms. The van der Waals surface area contributed by atoms with Gasteiger partial charge < -0.3 is 9.64 Å². The Balaban J connectivity index is 1.94. The number of aromatic nitrogens is 1. The maximum atomic E-state index is 12.6. The van der Waals surface area contributed by atoms with E-state index < -0.39 is 0 Å². The van der Waals surface area contributed by atoms with Crippen LogP contribution < -0.4 is 4.90 Å². The van der Waals surface area contributed by atoms with Gasteiger partial charge in [0, 0.05) is 20.2 Å². The van der Waals surface area contributed by atoms with E-state index in [-0.39, 0.29) is 5.82 Å². The van der Waals surface area contributed by atoms with E-state index in [2.05, 4.69) is 4.98 Å². The molecule has 2 rings (SSSR count). The zero-order valence-electron chi connectivity index (χ0n) is 8.82. The third kappa shape index (κ3) is 2.65. The van der Waals surface area contributed by atoms with Crippen molar-refractivity contribution in [3.05, 3.63) is 24.1 Å². The number of pyridine rings is 1. The molecule has 82 valence electrons. The van der Waals surface area contributed by atoms with Gasteiger partial charge in [-0.25, -0.2) is 9.37 Å². The SMILES string of the molecule is CN(CC1CCCO1)c1ccc(F)cn1. The van der Waals surface area contributed by atoms with Crippen LogP contribution in [0.1, 0.15) is 12.8 Å². The van der Waals surface area contributed by atoms with Crippen LogP contribution in [0.15, 0.2) is 18.3 Å². The van der Waals surface area contributed by atoms with Crippen LogP contribution in [0.3, 0.4) is 0 Å². The van der Waals surface area contributed by atoms with Crippen molar-refractivity contribution in [3.63, 3.8) is 0 Å². The number of likely N-dealkylation sites (N-methyl/N-ethyl adjacent to an activating group) is 1. The standard InChI is InChI=1S/C11H15FN2O/c1-14(8-10-3-2-6-15-10)11-5-4-9(12)7-13-11/h4-5,7,10H,2-3,6,8H2,1H3. The normalized spacial score (nSPS) is 20.5. The maximum Gasteiger partial charge on any atom is 0.141 e. The number of halogens is 1. The number of anilines is 1. The molecule has 0 bridgehead atoms. The number of nitrogens with zero attached hydrogens (tertiary/aromatic N) is 2. The fraction of sp³-hybridized carbons (Fsp3) is 0.545. The summed E-state index contributed by atoms with van der Waals surface area (Å²) in [6, 6.07) is 3.11. The summed E-state index contributed by atoms with van der Waals surface area (Å²) >= 11 is 0. The van der Waals surface area contributed by atoms with Crippen LogP contribution in [0.4, 0.5) is 10.2 Å². The van der Waals surface area contributed by atoms with Crippen LogP contribution in [-0.4, -0.2) is 31.3 Å². The Morgan fingerprint density at radius 3 is 3.07 bits per heavy atom. The third-order valence-corrected chi connectivity index (χ3v) is 2.60. The van der Waals surface area contributed by atoms with Crippen molar-refractivity contribution < 1.29 is 9.13 Å². The molecule has 3 nitrogen and oxygen atoms in total. The van der Waals surface area contributed by atoms with Crippen molar-refractivity contribution in [2.75, 3.05) is 25.1 Å². The van der Waals surface area contributed by atoms with Crippen LogP contribution in [0.2, 0.25) is 0 Å². The largest absolute Gasteiger partial charge is 0.376 e. The molecule has 1 aliphatic rings. The van der Waals surface area contributed by atoms with Gasteiger partial charge in [-0.2, -0.15) is 0 Å². The molecule has 1 aliphatic heterocycles. The molecule has 1 atom stereocenters. The van der Waals surface area contributed by atoms with E-state index in [4.69, 9.17) is 4.74 Å². The molecule has 0 N–H and O–H groups in total. The summed E-state index contributed by atoms with van der Waals surface area (Å²) in [4.78, 5) is 6.01. The van der Waals surface area contributed by atoms with Crippen LogP contribution in [0, 0.1) is 5.82 Å². The van der Waals surface area contributed by atoms with E-state index >= 15 is 0 Å². The van der Waals surface area contributed by atoms with Gasteiger partial charge >= 0.3 is 0 Å². The minimum Gasteiger partial charge on any atom is -0.376 e. The highest BCUT2D eigenvalue weighted by Crippen LogP contribution is 2.16. The maximum absolute atomic E-state index is 12.6. The Morgan fingerprint density at radius 2 is 2.47 bits per heavy atom. The minimum absolute atomic E-state index is 0.293. The molecular formula is C11H15FN2O. The highest BCUT2D eigenvalue weighted by atomic mass is 19.1. The van der Waals surface area contributed by atoms with Gasteiger partial charge in [0.25, 0.3) is 0 Å². The monoisotopic (exact) mass is 210 g/mol. The number of ether oxygens (including phenoxy) is 1. The van der Waals surface area contributed by atoms with E-state index in [1.165, 1.54) is 12.3 Å². The molecule has 1 saturated heterocycles. The zero-order chi connectivity index (χ0) is 10.7. The lowest BCUT2D eigenvalue weighted by Crippen LogP contribution is -2.29. The fourth-order valence-electron chi connectivity index (χ4n) is 1.78. The molecule has 1 unspecified atom stereocenters. The predicted octanol–water partition coefficient (Wildman–Crippen LogP) is 1.84. The Labute approximate surface area is 88.9 Å². The van der Waals surface area contributed by atoms with Gasteiger partial charge in [0.05, 0.1) is 12.3 Å². The van der Waals surface area contributed by atoms with Crippen molar-refractivity contribution in [1.82, 2.24) is 4.98 Å². The predicted molar refractivity (Wildman–Crippen MR) is 56.4 cm³/mol. The van der Waals surface area contributed by atoms with E-state index in [0.717, 1.165) is 31.8 Å². The van der Waals surface area contributed by atoms with Gasteiger partial charge in [-0.1, -0.05) is 0 Å². The van der Waals surface area contributed by atoms with E-state index in [1.54, 1.807) is 6.07 Å². The van der Waals surface area contributed by atoms with Crippen molar-refractivity contribution in [3.8, 4) is 0 Å². The second-order valence-electron chi connectivity index (χ2n) is 3.85. The molecule has 1 aromatic heterocycles. The molecule has 1 fully saturated rings. The molecule has 0 aromatic carbocycles. The van der Waals surface area contributed by atoms with E-state index in [1.807, 2.05) is 11.9 Å². The first-order valence-corrected chi connectivity index (χ1v) is 5.20. The van der Waals surface area contributed by atoms with Crippen LogP contribution >= 0.6 is 0 Å². The second kappa shape index (κ2) is 4.57. The second-order valence-corrected chi connectivity index (χ2v) is 3.85. The van der Waals surface area contributed by atoms with Crippen LogP contribution in [0.5, 0.6) is 0 Å². The van der Waals surface area contributed by atoms with Gasteiger partial charge in [-0.3, -0.25) is 0 Å². The highest BCUT2D eigenvalue weighted by molar-refractivity contribution is 5.36. The van der Waals surface area contributed by atoms with Crippen LogP contribution in [0.25, 0.3) is 0 Å². The summed E-state index contributed by atoms with van der Waals surface area (Å²) in [5.41, 5.74) is 0. The number of hydrogen-bond donors (Lipinski definition) is 0. The molecule has 2 heterocycles. The smallest absolute Gasteiger partial charge is 0.141 e. The first kappa shape index (κ1) is 10.4. The lowest BCUT2D eigenvalue weighted by atomic mass is 10.2. The van der Waals surface area contributed by atoms with E-state index in [0.29, 0.717) is 6.10 Å². The molecule has 0 saturated carbocycles. The Bertz CT molecular complexity index is 309.